The van der Waals surface area contributed by atoms with E-state index in [1.807, 2.05) is 24.3 Å². The number of carbonyl (C=O) groups is 1. The van der Waals surface area contributed by atoms with Gasteiger partial charge in [0.1, 0.15) is 11.3 Å². The molecule has 3 aliphatic rings. The number of methoxy groups -OCH3 is 1. The normalized spacial score (nSPS) is 30.6. The molecule has 2 aromatic carbocycles. The number of hydrogen-bond donors (Lipinski definition) is 1. The molecule has 0 aromatic heterocycles. The Morgan fingerprint density at radius 2 is 1.81 bits per heavy atom. The summed E-state index contributed by atoms with van der Waals surface area (Å²) in [6.45, 7) is 3.57. The Balaban J connectivity index is 1.62. The van der Waals surface area contributed by atoms with Gasteiger partial charge in [-0.1, -0.05) is 41.4 Å². The van der Waals surface area contributed by atoms with E-state index < -0.39 is 5.54 Å². The minimum atomic E-state index is -0.510. The molecule has 2 saturated heterocycles. The molecule has 0 radical (unpaired) electrons. The summed E-state index contributed by atoms with van der Waals surface area (Å²) in [4.78, 5) is 15.8. The van der Waals surface area contributed by atoms with Crippen molar-refractivity contribution in [1.82, 2.24) is 10.2 Å². The summed E-state index contributed by atoms with van der Waals surface area (Å²) in [7, 11) is 1.69. The van der Waals surface area contributed by atoms with Crippen molar-refractivity contribution in [2.24, 2.45) is 5.92 Å². The molecule has 4 atom stereocenters. The van der Waals surface area contributed by atoms with Crippen molar-refractivity contribution >= 4 is 29.1 Å². The highest BCUT2D eigenvalue weighted by atomic mass is 35.5. The third-order valence-corrected chi connectivity index (χ3v) is 8.10. The Bertz CT molecular complexity index is 993. The number of carbonyl (C=O) groups excluding carboxylic acids is 1. The van der Waals surface area contributed by atoms with Crippen molar-refractivity contribution in [3.8, 4) is 5.75 Å². The SMILES string of the molecule is COc1cc(Cl)ccc1[C@@H]1CC[C@@]2(N3CCOCC3)C(=O)NC[C@H]2[C@H]1c1ccc(Cl)cc1. The summed E-state index contributed by atoms with van der Waals surface area (Å²) in [6, 6.07) is 14.0. The molecule has 7 heteroatoms. The Kier molecular flexibility index (Phi) is 6.10. The van der Waals surface area contributed by atoms with Crippen molar-refractivity contribution in [3.05, 3.63) is 63.6 Å². The van der Waals surface area contributed by atoms with Crippen LogP contribution in [0, 0.1) is 5.92 Å². The van der Waals surface area contributed by atoms with E-state index in [1.54, 1.807) is 7.11 Å². The second-order valence-electron chi connectivity index (χ2n) is 8.95. The van der Waals surface area contributed by atoms with E-state index in [0.29, 0.717) is 29.8 Å². The van der Waals surface area contributed by atoms with E-state index >= 15 is 0 Å². The van der Waals surface area contributed by atoms with E-state index in [9.17, 15) is 4.79 Å². The van der Waals surface area contributed by atoms with Crippen molar-refractivity contribution in [3.63, 3.8) is 0 Å². The summed E-state index contributed by atoms with van der Waals surface area (Å²) >= 11 is 12.5. The topological polar surface area (TPSA) is 50.8 Å². The molecule has 1 N–H and O–H groups in total. The predicted octanol–water partition coefficient (Wildman–Crippen LogP) is 4.48. The van der Waals surface area contributed by atoms with Gasteiger partial charge in [-0.25, -0.2) is 0 Å². The Labute approximate surface area is 199 Å². The van der Waals surface area contributed by atoms with Crippen LogP contribution in [0.5, 0.6) is 5.75 Å². The zero-order chi connectivity index (χ0) is 22.3. The quantitative estimate of drug-likeness (QED) is 0.709. The summed E-state index contributed by atoms with van der Waals surface area (Å²) in [6.07, 6.45) is 1.69. The molecule has 1 aliphatic carbocycles. The van der Waals surface area contributed by atoms with Gasteiger partial charge in [0.2, 0.25) is 5.91 Å². The maximum atomic E-state index is 13.4. The van der Waals surface area contributed by atoms with Gasteiger partial charge >= 0.3 is 0 Å². The lowest BCUT2D eigenvalue weighted by Gasteiger charge is -2.52. The number of ether oxygens (including phenoxy) is 2. The first-order valence-corrected chi connectivity index (χ1v) is 12.0. The van der Waals surface area contributed by atoms with Crippen LogP contribution in [0.3, 0.4) is 0 Å². The van der Waals surface area contributed by atoms with Crippen molar-refractivity contribution in [2.45, 2.75) is 30.2 Å². The first-order chi connectivity index (χ1) is 15.5. The second-order valence-corrected chi connectivity index (χ2v) is 9.82. The molecule has 2 aliphatic heterocycles. The van der Waals surface area contributed by atoms with Crippen LogP contribution >= 0.6 is 23.2 Å². The number of hydrogen-bond acceptors (Lipinski definition) is 4. The number of nitrogens with one attached hydrogen (secondary N) is 1. The van der Waals surface area contributed by atoms with Crippen molar-refractivity contribution < 1.29 is 14.3 Å². The fourth-order valence-electron chi connectivity index (χ4n) is 6.24. The fraction of sp³-hybridized carbons (Fsp3) is 0.480. The highest BCUT2D eigenvalue weighted by molar-refractivity contribution is 6.31. The molecule has 2 aromatic rings. The van der Waals surface area contributed by atoms with Crippen LogP contribution in [-0.4, -0.2) is 56.3 Å². The lowest BCUT2D eigenvalue weighted by molar-refractivity contribution is -0.139. The maximum absolute atomic E-state index is 13.4. The van der Waals surface area contributed by atoms with E-state index in [1.165, 1.54) is 5.56 Å². The Morgan fingerprint density at radius 1 is 1.09 bits per heavy atom. The van der Waals surface area contributed by atoms with Crippen LogP contribution in [-0.2, 0) is 9.53 Å². The number of benzene rings is 2. The number of halogens is 2. The lowest BCUT2D eigenvalue weighted by atomic mass is 9.59. The largest absolute Gasteiger partial charge is 0.496 e. The number of fused-ring (bicyclic) bond motifs is 1. The van der Waals surface area contributed by atoms with Crippen LogP contribution in [0.4, 0.5) is 0 Å². The molecule has 0 unspecified atom stereocenters. The number of rotatable bonds is 4. The number of amides is 1. The average Bonchev–Trinajstić information content (AvgIpc) is 3.17. The van der Waals surface area contributed by atoms with Gasteiger partial charge in [0, 0.05) is 35.6 Å². The molecule has 5 nitrogen and oxygen atoms in total. The number of nitrogens with zero attached hydrogens (tertiary/aromatic N) is 1. The molecular weight excluding hydrogens is 447 g/mol. The monoisotopic (exact) mass is 474 g/mol. The van der Waals surface area contributed by atoms with Crippen molar-refractivity contribution in [1.29, 1.82) is 0 Å². The molecule has 32 heavy (non-hydrogen) atoms. The molecule has 0 bridgehead atoms. The zero-order valence-electron chi connectivity index (χ0n) is 18.2. The van der Waals surface area contributed by atoms with Gasteiger partial charge in [0.05, 0.1) is 20.3 Å². The van der Waals surface area contributed by atoms with E-state index in [4.69, 9.17) is 32.7 Å². The predicted molar refractivity (Wildman–Crippen MR) is 126 cm³/mol. The van der Waals surface area contributed by atoms with E-state index in [0.717, 1.165) is 37.2 Å². The molecule has 1 saturated carbocycles. The summed E-state index contributed by atoms with van der Waals surface area (Å²) < 4.78 is 11.4. The number of morpholine rings is 1. The molecule has 3 fully saturated rings. The van der Waals surface area contributed by atoms with Gasteiger partial charge in [0.15, 0.2) is 0 Å². The summed E-state index contributed by atoms with van der Waals surface area (Å²) in [5.41, 5.74) is 1.84. The van der Waals surface area contributed by atoms with Crippen LogP contribution in [0.1, 0.15) is 35.8 Å². The van der Waals surface area contributed by atoms with Crippen LogP contribution in [0.2, 0.25) is 10.0 Å². The first-order valence-electron chi connectivity index (χ1n) is 11.2. The Hall–Kier alpha value is -1.79. The third kappa shape index (κ3) is 3.60. The van der Waals surface area contributed by atoms with E-state index in [2.05, 4.69) is 28.4 Å². The fourth-order valence-corrected chi connectivity index (χ4v) is 6.53. The first kappa shape index (κ1) is 22.0. The minimum Gasteiger partial charge on any atom is -0.496 e. The standard InChI is InChI=1S/C25H28Cl2N2O3/c1-31-22-14-18(27)6-7-19(22)20-8-9-25(29-10-12-32-13-11-29)21(15-28-24(25)30)23(20)16-2-4-17(26)5-3-16/h2-7,14,20-21,23H,8-13,15H2,1H3,(H,28,30)/t20-,21-,23-,25-/m0/s1. The van der Waals surface area contributed by atoms with Crippen LogP contribution in [0.15, 0.2) is 42.5 Å². The molecule has 1 amide bonds. The lowest BCUT2D eigenvalue weighted by Crippen LogP contribution is -2.63. The van der Waals surface area contributed by atoms with Gasteiger partial charge < -0.3 is 14.8 Å². The minimum absolute atomic E-state index is 0.133. The van der Waals surface area contributed by atoms with Gasteiger partial charge in [0.25, 0.3) is 0 Å². The Morgan fingerprint density at radius 3 is 2.53 bits per heavy atom. The highest BCUT2D eigenvalue weighted by Crippen LogP contribution is 2.56. The van der Waals surface area contributed by atoms with Crippen molar-refractivity contribution in [2.75, 3.05) is 40.0 Å². The molecular formula is C25H28Cl2N2O3. The molecule has 170 valence electrons. The highest BCUT2D eigenvalue weighted by Gasteiger charge is 2.60. The van der Waals surface area contributed by atoms with E-state index in [-0.39, 0.29) is 23.7 Å². The van der Waals surface area contributed by atoms with Gasteiger partial charge in [-0.05, 0) is 60.1 Å². The molecule has 2 heterocycles. The van der Waals surface area contributed by atoms with Crippen LogP contribution in [0.25, 0.3) is 0 Å². The average molecular weight is 475 g/mol. The van der Waals surface area contributed by atoms with Crippen LogP contribution < -0.4 is 10.1 Å². The van der Waals surface area contributed by atoms with Gasteiger partial charge in [-0.3, -0.25) is 9.69 Å². The smallest absolute Gasteiger partial charge is 0.240 e. The second kappa shape index (κ2) is 8.86. The molecule has 0 spiro atoms. The summed E-state index contributed by atoms with van der Waals surface area (Å²) in [5.74, 6) is 1.43. The zero-order valence-corrected chi connectivity index (χ0v) is 19.7. The third-order valence-electron chi connectivity index (χ3n) is 7.62. The molecule has 5 rings (SSSR count). The van der Waals surface area contributed by atoms with Gasteiger partial charge in [-0.15, -0.1) is 0 Å². The van der Waals surface area contributed by atoms with Gasteiger partial charge in [-0.2, -0.15) is 0 Å². The maximum Gasteiger partial charge on any atom is 0.240 e. The summed E-state index contributed by atoms with van der Waals surface area (Å²) in [5, 5.41) is 4.59.